The minimum Gasteiger partial charge on any atom is -0.368 e. The summed E-state index contributed by atoms with van der Waals surface area (Å²) in [6.45, 7) is 9.76. The van der Waals surface area contributed by atoms with E-state index in [-0.39, 0.29) is 18.4 Å². The van der Waals surface area contributed by atoms with Crippen LogP contribution in [0, 0.1) is 5.92 Å². The lowest BCUT2D eigenvalue weighted by atomic mass is 9.87. The summed E-state index contributed by atoms with van der Waals surface area (Å²) in [6, 6.07) is 7.75. The van der Waals surface area contributed by atoms with Crippen LogP contribution in [0.3, 0.4) is 0 Å². The lowest BCUT2D eigenvalue weighted by molar-refractivity contribution is -0.125. The number of hydrogen-bond donors (Lipinski definition) is 3. The van der Waals surface area contributed by atoms with Crippen LogP contribution in [0.4, 0.5) is 5.69 Å². The Bertz CT molecular complexity index is 523. The molecule has 0 fully saturated rings. The van der Waals surface area contributed by atoms with Crippen LogP contribution in [0.5, 0.6) is 0 Å². The fourth-order valence-electron chi connectivity index (χ4n) is 2.00. The van der Waals surface area contributed by atoms with Gasteiger partial charge in [0, 0.05) is 5.69 Å². The van der Waals surface area contributed by atoms with Gasteiger partial charge in [0.2, 0.25) is 11.8 Å². The first-order chi connectivity index (χ1) is 10.2. The lowest BCUT2D eigenvalue weighted by Crippen LogP contribution is -2.58. The van der Waals surface area contributed by atoms with E-state index in [9.17, 15) is 9.59 Å². The molecule has 122 valence electrons. The second kappa shape index (κ2) is 7.40. The van der Waals surface area contributed by atoms with Crippen molar-refractivity contribution in [2.75, 3.05) is 11.9 Å². The first-order valence-corrected chi connectivity index (χ1v) is 7.61. The van der Waals surface area contributed by atoms with E-state index in [0.29, 0.717) is 5.92 Å². The van der Waals surface area contributed by atoms with Gasteiger partial charge in [-0.2, -0.15) is 0 Å². The van der Waals surface area contributed by atoms with E-state index >= 15 is 0 Å². The summed E-state index contributed by atoms with van der Waals surface area (Å²) < 4.78 is 0. The molecule has 0 heterocycles. The lowest BCUT2D eigenvalue weighted by Gasteiger charge is -2.31. The maximum absolute atomic E-state index is 12.0. The van der Waals surface area contributed by atoms with Gasteiger partial charge in [-0.05, 0) is 36.5 Å². The number of nitrogens with two attached hydrogens (primary N) is 1. The van der Waals surface area contributed by atoms with Gasteiger partial charge in [0.15, 0.2) is 0 Å². The molecule has 1 rings (SSSR count). The van der Waals surface area contributed by atoms with Crippen LogP contribution in [0.1, 0.15) is 46.1 Å². The van der Waals surface area contributed by atoms with E-state index < -0.39 is 11.4 Å². The molecule has 4 N–H and O–H groups in total. The second-order valence-corrected chi connectivity index (χ2v) is 6.40. The van der Waals surface area contributed by atoms with Crippen LogP contribution < -0.4 is 16.4 Å². The Balaban J connectivity index is 2.61. The number of benzene rings is 1. The average molecular weight is 305 g/mol. The Labute approximate surface area is 132 Å². The number of nitrogens with one attached hydrogen (secondary N) is 2. The molecule has 2 amide bonds. The zero-order valence-electron chi connectivity index (χ0n) is 14.1. The van der Waals surface area contributed by atoms with Crippen LogP contribution in [0.25, 0.3) is 0 Å². The Morgan fingerprint density at radius 3 is 2.09 bits per heavy atom. The predicted molar refractivity (Wildman–Crippen MR) is 89.6 cm³/mol. The Hall–Kier alpha value is -1.88. The van der Waals surface area contributed by atoms with Crippen molar-refractivity contribution in [2.45, 2.75) is 46.1 Å². The Morgan fingerprint density at radius 2 is 1.68 bits per heavy atom. The van der Waals surface area contributed by atoms with Crippen LogP contribution in [0.2, 0.25) is 0 Å². The first kappa shape index (κ1) is 18.2. The van der Waals surface area contributed by atoms with Gasteiger partial charge in [0.05, 0.1) is 12.1 Å². The van der Waals surface area contributed by atoms with Crippen molar-refractivity contribution in [1.82, 2.24) is 5.32 Å². The predicted octanol–water partition coefficient (Wildman–Crippen LogP) is 2.24. The third-order valence-electron chi connectivity index (χ3n) is 4.14. The number of rotatable bonds is 7. The molecular weight excluding hydrogens is 278 g/mol. The molecule has 1 aromatic rings. The molecule has 0 aliphatic heterocycles. The molecule has 0 spiro atoms. The van der Waals surface area contributed by atoms with Gasteiger partial charge >= 0.3 is 0 Å². The molecule has 1 unspecified atom stereocenters. The van der Waals surface area contributed by atoms with E-state index in [2.05, 4.69) is 24.5 Å². The monoisotopic (exact) mass is 305 g/mol. The standard InChI is InChI=1S/C17H27N3O2/c1-11(2)13-6-8-14(9-7-13)20-15(21)10-19-17(5,12(3)4)16(18)22/h6-9,11-12,19H,10H2,1-5H3,(H2,18,22)(H,20,21). The Kier molecular flexibility index (Phi) is 6.11. The molecule has 22 heavy (non-hydrogen) atoms. The van der Waals surface area contributed by atoms with E-state index in [1.165, 1.54) is 5.56 Å². The molecule has 5 nitrogen and oxygen atoms in total. The van der Waals surface area contributed by atoms with Crippen LogP contribution in [0.15, 0.2) is 24.3 Å². The van der Waals surface area contributed by atoms with Crippen molar-refractivity contribution in [3.05, 3.63) is 29.8 Å². The summed E-state index contributed by atoms with van der Waals surface area (Å²) in [5.41, 5.74) is 6.48. The average Bonchev–Trinajstić information content (AvgIpc) is 2.44. The van der Waals surface area contributed by atoms with E-state index in [1.54, 1.807) is 6.92 Å². The normalized spacial score (nSPS) is 14.0. The van der Waals surface area contributed by atoms with Crippen molar-refractivity contribution in [3.63, 3.8) is 0 Å². The number of carbonyl (C=O) groups is 2. The van der Waals surface area contributed by atoms with Crippen molar-refractivity contribution < 1.29 is 9.59 Å². The SMILES string of the molecule is CC(C)c1ccc(NC(=O)CNC(C)(C(N)=O)C(C)C)cc1. The summed E-state index contributed by atoms with van der Waals surface area (Å²) >= 11 is 0. The van der Waals surface area contributed by atoms with Crippen LogP contribution >= 0.6 is 0 Å². The molecular formula is C17H27N3O2. The quantitative estimate of drug-likeness (QED) is 0.722. The first-order valence-electron chi connectivity index (χ1n) is 7.61. The van der Waals surface area contributed by atoms with Gasteiger partial charge in [-0.1, -0.05) is 39.8 Å². The fourth-order valence-corrected chi connectivity index (χ4v) is 2.00. The van der Waals surface area contributed by atoms with Crippen molar-refractivity contribution >= 4 is 17.5 Å². The summed E-state index contributed by atoms with van der Waals surface area (Å²) in [4.78, 5) is 23.6. The summed E-state index contributed by atoms with van der Waals surface area (Å²) in [6.07, 6.45) is 0. The number of anilines is 1. The maximum Gasteiger partial charge on any atom is 0.238 e. The number of amides is 2. The molecule has 0 aliphatic carbocycles. The maximum atomic E-state index is 12.0. The molecule has 0 aliphatic rings. The van der Waals surface area contributed by atoms with E-state index in [0.717, 1.165) is 5.69 Å². The number of hydrogen-bond acceptors (Lipinski definition) is 3. The second-order valence-electron chi connectivity index (χ2n) is 6.40. The van der Waals surface area contributed by atoms with Crippen molar-refractivity contribution in [3.8, 4) is 0 Å². The summed E-state index contributed by atoms with van der Waals surface area (Å²) in [5.74, 6) is -0.223. The smallest absolute Gasteiger partial charge is 0.238 e. The van der Waals surface area contributed by atoms with Crippen molar-refractivity contribution in [2.24, 2.45) is 11.7 Å². The van der Waals surface area contributed by atoms with Gasteiger partial charge < -0.3 is 11.1 Å². The van der Waals surface area contributed by atoms with Gasteiger partial charge in [-0.15, -0.1) is 0 Å². The highest BCUT2D eigenvalue weighted by molar-refractivity contribution is 5.93. The number of primary amides is 1. The molecule has 0 radical (unpaired) electrons. The third kappa shape index (κ3) is 4.56. The Morgan fingerprint density at radius 1 is 1.14 bits per heavy atom. The van der Waals surface area contributed by atoms with Gasteiger partial charge in [-0.25, -0.2) is 0 Å². The van der Waals surface area contributed by atoms with E-state index in [4.69, 9.17) is 5.73 Å². The highest BCUT2D eigenvalue weighted by Gasteiger charge is 2.34. The molecule has 1 aromatic carbocycles. The van der Waals surface area contributed by atoms with Crippen molar-refractivity contribution in [1.29, 1.82) is 0 Å². The molecule has 0 bridgehead atoms. The minimum atomic E-state index is -0.904. The molecule has 0 saturated heterocycles. The van der Waals surface area contributed by atoms with Gasteiger partial charge in [0.1, 0.15) is 0 Å². The fraction of sp³-hybridized carbons (Fsp3) is 0.529. The minimum absolute atomic E-state index is 0.0110. The summed E-state index contributed by atoms with van der Waals surface area (Å²) in [5, 5.41) is 5.76. The van der Waals surface area contributed by atoms with Crippen LogP contribution in [-0.4, -0.2) is 23.9 Å². The highest BCUT2D eigenvalue weighted by atomic mass is 16.2. The largest absolute Gasteiger partial charge is 0.368 e. The zero-order chi connectivity index (χ0) is 16.9. The molecule has 1 atom stereocenters. The summed E-state index contributed by atoms with van der Waals surface area (Å²) in [7, 11) is 0. The molecule has 5 heteroatoms. The topological polar surface area (TPSA) is 84.2 Å². The highest BCUT2D eigenvalue weighted by Crippen LogP contribution is 2.18. The molecule has 0 aromatic heterocycles. The van der Waals surface area contributed by atoms with Gasteiger partial charge in [0.25, 0.3) is 0 Å². The third-order valence-corrected chi connectivity index (χ3v) is 4.14. The van der Waals surface area contributed by atoms with Gasteiger partial charge in [-0.3, -0.25) is 14.9 Å². The van der Waals surface area contributed by atoms with E-state index in [1.807, 2.05) is 38.1 Å². The zero-order valence-corrected chi connectivity index (χ0v) is 14.1. The van der Waals surface area contributed by atoms with Crippen LogP contribution in [-0.2, 0) is 9.59 Å². The molecule has 0 saturated carbocycles. The number of carbonyl (C=O) groups excluding carboxylic acids is 2.